The molecule has 2 atom stereocenters. The van der Waals surface area contributed by atoms with Crippen LogP contribution < -0.4 is 24.3 Å². The van der Waals surface area contributed by atoms with E-state index in [9.17, 15) is 4.79 Å². The average Bonchev–Trinajstić information content (AvgIpc) is 2.71. The number of carbonyl (C=O) groups is 1. The summed E-state index contributed by atoms with van der Waals surface area (Å²) >= 11 is 0. The second-order valence-corrected chi connectivity index (χ2v) is 6.30. The van der Waals surface area contributed by atoms with Crippen LogP contribution in [-0.2, 0) is 4.79 Å². The van der Waals surface area contributed by atoms with Crippen LogP contribution in [0.1, 0.15) is 31.9 Å². The van der Waals surface area contributed by atoms with Gasteiger partial charge in [0.25, 0.3) is 5.91 Å². The molecule has 0 aromatic heterocycles. The fraction of sp³-hybridized carbons (Fsp3) is 0.381. The molecule has 0 fully saturated rings. The number of hydrogen-bond donors (Lipinski definition) is 1. The van der Waals surface area contributed by atoms with Crippen molar-refractivity contribution in [2.24, 2.45) is 0 Å². The molecular formula is C21H25NO5. The highest BCUT2D eigenvalue weighted by Crippen LogP contribution is 2.33. The molecule has 2 aromatic carbocycles. The minimum Gasteiger partial charge on any atom is -0.493 e. The second kappa shape index (κ2) is 8.66. The van der Waals surface area contributed by atoms with Crippen LogP contribution in [0.2, 0.25) is 0 Å². The van der Waals surface area contributed by atoms with E-state index in [-0.39, 0.29) is 11.9 Å². The van der Waals surface area contributed by atoms with Crippen LogP contribution in [0.5, 0.6) is 23.0 Å². The zero-order valence-corrected chi connectivity index (χ0v) is 15.9. The van der Waals surface area contributed by atoms with Gasteiger partial charge in [0.2, 0.25) is 0 Å². The van der Waals surface area contributed by atoms with E-state index in [4.69, 9.17) is 18.9 Å². The largest absolute Gasteiger partial charge is 0.493 e. The third-order valence-corrected chi connectivity index (χ3v) is 4.43. The second-order valence-electron chi connectivity index (χ2n) is 6.30. The fourth-order valence-corrected chi connectivity index (χ4v) is 2.91. The topological polar surface area (TPSA) is 66.0 Å². The molecule has 0 saturated heterocycles. The summed E-state index contributed by atoms with van der Waals surface area (Å²) in [7, 11) is 1.58. The predicted octanol–water partition coefficient (Wildman–Crippen LogP) is 3.50. The highest BCUT2D eigenvalue weighted by atomic mass is 16.6. The number of hydrogen-bond acceptors (Lipinski definition) is 5. The first kappa shape index (κ1) is 18.9. The average molecular weight is 371 g/mol. The minimum absolute atomic E-state index is 0.175. The maximum Gasteiger partial charge on any atom is 0.261 e. The molecule has 6 nitrogen and oxygen atoms in total. The van der Waals surface area contributed by atoms with Gasteiger partial charge in [0.05, 0.1) is 13.2 Å². The third-order valence-electron chi connectivity index (χ3n) is 4.43. The van der Waals surface area contributed by atoms with Crippen LogP contribution in [-0.4, -0.2) is 32.3 Å². The zero-order valence-electron chi connectivity index (χ0n) is 15.9. The molecule has 1 heterocycles. The summed E-state index contributed by atoms with van der Waals surface area (Å²) in [6, 6.07) is 12.8. The SMILES string of the molecule is CCC(Oc1ccccc1OC)C(=O)NC(C)c1ccc2c(c1)OCCO2. The Morgan fingerprint density at radius 2 is 1.81 bits per heavy atom. The summed E-state index contributed by atoms with van der Waals surface area (Å²) in [6.45, 7) is 4.92. The van der Waals surface area contributed by atoms with Crippen molar-refractivity contribution in [1.29, 1.82) is 0 Å². The van der Waals surface area contributed by atoms with Gasteiger partial charge >= 0.3 is 0 Å². The molecule has 1 N–H and O–H groups in total. The molecular weight excluding hydrogens is 346 g/mol. The van der Waals surface area contributed by atoms with Gasteiger partial charge in [-0.2, -0.15) is 0 Å². The number of fused-ring (bicyclic) bond motifs is 1. The van der Waals surface area contributed by atoms with Gasteiger partial charge in [0.15, 0.2) is 29.1 Å². The summed E-state index contributed by atoms with van der Waals surface area (Å²) in [6.07, 6.45) is -0.0708. The molecule has 1 aliphatic rings. The van der Waals surface area contributed by atoms with E-state index in [0.29, 0.717) is 36.9 Å². The molecule has 2 unspecified atom stereocenters. The smallest absolute Gasteiger partial charge is 0.261 e. The van der Waals surface area contributed by atoms with Crippen LogP contribution >= 0.6 is 0 Å². The van der Waals surface area contributed by atoms with Crippen LogP contribution in [0.15, 0.2) is 42.5 Å². The summed E-state index contributed by atoms with van der Waals surface area (Å²) in [5, 5.41) is 3.01. The molecule has 3 rings (SSSR count). The lowest BCUT2D eigenvalue weighted by Gasteiger charge is -2.23. The number of nitrogens with one attached hydrogen (secondary N) is 1. The van der Waals surface area contributed by atoms with Gasteiger partial charge in [-0.15, -0.1) is 0 Å². The number of ether oxygens (including phenoxy) is 4. The van der Waals surface area contributed by atoms with Crippen LogP contribution in [0.3, 0.4) is 0 Å². The lowest BCUT2D eigenvalue weighted by molar-refractivity contribution is -0.128. The maximum atomic E-state index is 12.7. The Labute approximate surface area is 159 Å². The van der Waals surface area contributed by atoms with Crippen molar-refractivity contribution >= 4 is 5.91 Å². The number of amides is 1. The van der Waals surface area contributed by atoms with Gasteiger partial charge < -0.3 is 24.3 Å². The Balaban J connectivity index is 1.67. The van der Waals surface area contributed by atoms with Crippen LogP contribution in [0, 0.1) is 0 Å². The molecule has 0 spiro atoms. The first-order chi connectivity index (χ1) is 13.1. The van der Waals surface area contributed by atoms with E-state index in [2.05, 4.69) is 5.32 Å². The van der Waals surface area contributed by atoms with Crippen molar-refractivity contribution in [3.8, 4) is 23.0 Å². The summed E-state index contributed by atoms with van der Waals surface area (Å²) in [5.74, 6) is 2.41. The van der Waals surface area contributed by atoms with Crippen LogP contribution in [0.25, 0.3) is 0 Å². The highest BCUT2D eigenvalue weighted by Gasteiger charge is 2.23. The number of carbonyl (C=O) groups excluding carboxylic acids is 1. The van der Waals surface area contributed by atoms with Gasteiger partial charge in [-0.25, -0.2) is 0 Å². The van der Waals surface area contributed by atoms with E-state index in [1.54, 1.807) is 19.2 Å². The Morgan fingerprint density at radius 3 is 2.52 bits per heavy atom. The molecule has 1 aliphatic heterocycles. The molecule has 1 amide bonds. The zero-order chi connectivity index (χ0) is 19.2. The van der Waals surface area contributed by atoms with Crippen molar-refractivity contribution in [2.75, 3.05) is 20.3 Å². The maximum absolute atomic E-state index is 12.7. The molecule has 0 radical (unpaired) electrons. The Kier molecular flexibility index (Phi) is 6.06. The normalized spacial score (nSPS) is 14.8. The first-order valence-electron chi connectivity index (χ1n) is 9.12. The van der Waals surface area contributed by atoms with E-state index in [1.165, 1.54) is 0 Å². The Bertz CT molecular complexity index is 792. The number of methoxy groups -OCH3 is 1. The molecule has 144 valence electrons. The van der Waals surface area contributed by atoms with Gasteiger partial charge in [-0.1, -0.05) is 25.1 Å². The van der Waals surface area contributed by atoms with Gasteiger partial charge in [-0.05, 0) is 43.2 Å². The van der Waals surface area contributed by atoms with E-state index in [0.717, 1.165) is 11.3 Å². The lowest BCUT2D eigenvalue weighted by Crippen LogP contribution is -2.39. The van der Waals surface area contributed by atoms with Crippen molar-refractivity contribution in [3.63, 3.8) is 0 Å². The van der Waals surface area contributed by atoms with E-state index in [1.807, 2.05) is 44.2 Å². The van der Waals surface area contributed by atoms with Crippen LogP contribution in [0.4, 0.5) is 0 Å². The quantitative estimate of drug-likeness (QED) is 0.807. The van der Waals surface area contributed by atoms with E-state index >= 15 is 0 Å². The summed E-state index contributed by atoms with van der Waals surface area (Å²) in [5.41, 5.74) is 0.944. The third kappa shape index (κ3) is 4.45. The standard InChI is InChI=1S/C21H25NO5/c1-4-16(27-19-8-6-5-7-17(19)24-3)21(23)22-14(2)15-9-10-18-20(13-15)26-12-11-25-18/h5-10,13-14,16H,4,11-12H2,1-3H3,(H,22,23). The molecule has 27 heavy (non-hydrogen) atoms. The highest BCUT2D eigenvalue weighted by molar-refractivity contribution is 5.81. The monoisotopic (exact) mass is 371 g/mol. The predicted molar refractivity (Wildman–Crippen MR) is 102 cm³/mol. The Morgan fingerprint density at radius 1 is 1.11 bits per heavy atom. The number of benzene rings is 2. The fourth-order valence-electron chi connectivity index (χ4n) is 2.91. The molecule has 6 heteroatoms. The Hall–Kier alpha value is -2.89. The molecule has 0 saturated carbocycles. The summed E-state index contributed by atoms with van der Waals surface area (Å²) in [4.78, 5) is 12.7. The molecule has 0 aliphatic carbocycles. The van der Waals surface area contributed by atoms with Crippen molar-refractivity contribution in [1.82, 2.24) is 5.32 Å². The van der Waals surface area contributed by atoms with Gasteiger partial charge in [0, 0.05) is 0 Å². The van der Waals surface area contributed by atoms with Gasteiger partial charge in [-0.3, -0.25) is 4.79 Å². The molecule has 2 aromatic rings. The summed E-state index contributed by atoms with van der Waals surface area (Å²) < 4.78 is 22.3. The van der Waals surface area contributed by atoms with Crippen molar-refractivity contribution in [3.05, 3.63) is 48.0 Å². The molecule has 0 bridgehead atoms. The first-order valence-corrected chi connectivity index (χ1v) is 9.12. The minimum atomic E-state index is -0.610. The van der Waals surface area contributed by atoms with Crippen molar-refractivity contribution < 1.29 is 23.7 Å². The van der Waals surface area contributed by atoms with Crippen molar-refractivity contribution in [2.45, 2.75) is 32.4 Å². The number of para-hydroxylation sites is 2. The van der Waals surface area contributed by atoms with Gasteiger partial charge in [0.1, 0.15) is 13.2 Å². The number of rotatable bonds is 7. The van der Waals surface area contributed by atoms with E-state index < -0.39 is 6.10 Å². The lowest BCUT2D eigenvalue weighted by atomic mass is 10.1.